The van der Waals surface area contributed by atoms with Crippen LogP contribution in [0.1, 0.15) is 6.42 Å². The molecule has 1 aliphatic rings. The lowest BCUT2D eigenvalue weighted by molar-refractivity contribution is 0.582. The Hall–Kier alpha value is -0.790. The minimum Gasteiger partial charge on any atom is -0.399 e. The fraction of sp³-hybridized carbons (Fsp3) is 0.400. The molecule has 0 bridgehead atoms. The number of nitrogen functional groups attached to an aromatic ring is 1. The molecule has 1 unspecified atom stereocenters. The summed E-state index contributed by atoms with van der Waals surface area (Å²) in [6.45, 7) is 0. The van der Waals surface area contributed by atoms with Crippen molar-refractivity contribution in [2.75, 3.05) is 17.2 Å². The first-order valence-corrected chi connectivity index (χ1v) is 8.96. The summed E-state index contributed by atoms with van der Waals surface area (Å²) in [5.41, 5.74) is 5.81. The van der Waals surface area contributed by atoms with Gasteiger partial charge in [0.1, 0.15) is 0 Å². The van der Waals surface area contributed by atoms with Gasteiger partial charge in [-0.2, -0.15) is 0 Å². The summed E-state index contributed by atoms with van der Waals surface area (Å²) in [7, 11) is -7.02. The highest BCUT2D eigenvalue weighted by atomic mass is 35.5. The molecule has 1 aromatic carbocycles. The molecule has 0 spiro atoms. The molecule has 1 heterocycles. The average molecular weight is 310 g/mol. The molecule has 0 amide bonds. The Labute approximate surface area is 111 Å². The molecule has 5 nitrogen and oxygen atoms in total. The van der Waals surface area contributed by atoms with E-state index in [0.717, 1.165) is 0 Å². The van der Waals surface area contributed by atoms with Gasteiger partial charge in [0.2, 0.25) is 0 Å². The Kier molecular flexibility index (Phi) is 3.33. The predicted octanol–water partition coefficient (Wildman–Crippen LogP) is 0.883. The summed E-state index contributed by atoms with van der Waals surface area (Å²) in [5, 5.41) is -0.865. The highest BCUT2D eigenvalue weighted by Gasteiger charge is 2.38. The van der Waals surface area contributed by atoms with E-state index in [1.807, 2.05) is 0 Å². The average Bonchev–Trinajstić information content (AvgIpc) is 2.63. The van der Waals surface area contributed by atoms with Crippen molar-refractivity contribution in [3.8, 4) is 0 Å². The van der Waals surface area contributed by atoms with Crippen LogP contribution in [0.3, 0.4) is 0 Å². The van der Waals surface area contributed by atoms with Crippen LogP contribution in [0, 0.1) is 0 Å². The summed E-state index contributed by atoms with van der Waals surface area (Å²) in [5.74, 6) is -0.447. The van der Waals surface area contributed by atoms with Gasteiger partial charge in [0.25, 0.3) is 0 Å². The largest absolute Gasteiger partial charge is 0.399 e. The van der Waals surface area contributed by atoms with E-state index in [1.54, 1.807) is 0 Å². The molecule has 0 aliphatic carbocycles. The van der Waals surface area contributed by atoms with E-state index in [4.69, 9.17) is 17.3 Å². The maximum atomic E-state index is 12.3. The first kappa shape index (κ1) is 13.6. The standard InChI is InChI=1S/C10H12ClNO4S2/c11-9-2-1-7(12)5-10(9)18(15,16)8-3-4-17(13,14)6-8/h1-2,5,8H,3-4,6,12H2. The van der Waals surface area contributed by atoms with Gasteiger partial charge in [0, 0.05) is 5.69 Å². The summed E-state index contributed by atoms with van der Waals surface area (Å²) in [4.78, 5) is -0.0914. The molecule has 2 rings (SSSR count). The lowest BCUT2D eigenvalue weighted by atomic mass is 10.3. The topological polar surface area (TPSA) is 94.3 Å². The van der Waals surface area contributed by atoms with Gasteiger partial charge in [0.05, 0.1) is 26.7 Å². The maximum Gasteiger partial charge on any atom is 0.183 e. The fourth-order valence-electron chi connectivity index (χ4n) is 1.92. The van der Waals surface area contributed by atoms with Crippen molar-refractivity contribution < 1.29 is 16.8 Å². The van der Waals surface area contributed by atoms with Crippen molar-refractivity contribution in [1.29, 1.82) is 0 Å². The van der Waals surface area contributed by atoms with Gasteiger partial charge in [-0.1, -0.05) is 11.6 Å². The summed E-state index contributed by atoms with van der Waals surface area (Å²) >= 11 is 5.85. The molecular formula is C10H12ClNO4S2. The molecule has 1 fully saturated rings. The Balaban J connectivity index is 2.47. The Bertz CT molecular complexity index is 682. The second kappa shape index (κ2) is 4.40. The minimum atomic E-state index is -3.75. The Morgan fingerprint density at radius 1 is 1.33 bits per heavy atom. The van der Waals surface area contributed by atoms with Gasteiger partial charge in [-0.15, -0.1) is 0 Å². The molecule has 1 aromatic rings. The first-order valence-electron chi connectivity index (χ1n) is 5.22. The molecular weight excluding hydrogens is 298 g/mol. The number of nitrogens with two attached hydrogens (primary N) is 1. The van der Waals surface area contributed by atoms with Crippen LogP contribution in [0.4, 0.5) is 5.69 Å². The number of hydrogen-bond acceptors (Lipinski definition) is 5. The second-order valence-electron chi connectivity index (χ2n) is 4.26. The van der Waals surface area contributed by atoms with E-state index in [9.17, 15) is 16.8 Å². The van der Waals surface area contributed by atoms with E-state index in [0.29, 0.717) is 0 Å². The van der Waals surface area contributed by atoms with Crippen LogP contribution in [0.15, 0.2) is 23.1 Å². The van der Waals surface area contributed by atoms with E-state index in [-0.39, 0.29) is 33.5 Å². The third-order valence-corrected chi connectivity index (χ3v) is 7.54. The molecule has 0 radical (unpaired) electrons. The summed E-state index contributed by atoms with van der Waals surface area (Å²) in [6.07, 6.45) is 0.107. The summed E-state index contributed by atoms with van der Waals surface area (Å²) in [6, 6.07) is 4.16. The van der Waals surface area contributed by atoms with E-state index < -0.39 is 24.9 Å². The van der Waals surface area contributed by atoms with E-state index in [2.05, 4.69) is 0 Å². The van der Waals surface area contributed by atoms with Gasteiger partial charge in [-0.05, 0) is 24.6 Å². The number of benzene rings is 1. The number of hydrogen-bond donors (Lipinski definition) is 1. The normalized spacial score (nSPS) is 23.1. The first-order chi connectivity index (χ1) is 8.22. The van der Waals surface area contributed by atoms with E-state index >= 15 is 0 Å². The zero-order valence-corrected chi connectivity index (χ0v) is 11.7. The SMILES string of the molecule is Nc1ccc(Cl)c(S(=O)(=O)C2CCS(=O)(=O)C2)c1. The van der Waals surface area contributed by atoms with Crippen LogP contribution >= 0.6 is 11.6 Å². The predicted molar refractivity (Wildman–Crippen MR) is 70.1 cm³/mol. The van der Waals surface area contributed by atoms with Crippen LogP contribution < -0.4 is 5.73 Å². The highest BCUT2D eigenvalue weighted by molar-refractivity contribution is 7.96. The van der Waals surface area contributed by atoms with Gasteiger partial charge < -0.3 is 5.73 Å². The van der Waals surface area contributed by atoms with Crippen molar-refractivity contribution in [2.45, 2.75) is 16.6 Å². The van der Waals surface area contributed by atoms with Crippen LogP contribution in [0.2, 0.25) is 5.02 Å². The molecule has 8 heteroatoms. The fourth-order valence-corrected chi connectivity index (χ4v) is 6.82. The summed E-state index contributed by atoms with van der Waals surface area (Å²) < 4.78 is 47.3. The molecule has 100 valence electrons. The van der Waals surface area contributed by atoms with Crippen LogP contribution in [0.25, 0.3) is 0 Å². The molecule has 18 heavy (non-hydrogen) atoms. The monoisotopic (exact) mass is 309 g/mol. The third-order valence-electron chi connectivity index (χ3n) is 2.89. The third kappa shape index (κ3) is 2.48. The van der Waals surface area contributed by atoms with Crippen molar-refractivity contribution in [3.05, 3.63) is 23.2 Å². The van der Waals surface area contributed by atoms with Crippen LogP contribution in [-0.2, 0) is 19.7 Å². The zero-order valence-electron chi connectivity index (χ0n) is 9.34. The van der Waals surface area contributed by atoms with Crippen LogP contribution in [0.5, 0.6) is 0 Å². The van der Waals surface area contributed by atoms with Gasteiger partial charge >= 0.3 is 0 Å². The Morgan fingerprint density at radius 3 is 2.56 bits per heavy atom. The van der Waals surface area contributed by atoms with Crippen molar-refractivity contribution in [1.82, 2.24) is 0 Å². The Morgan fingerprint density at radius 2 is 2.00 bits per heavy atom. The molecule has 0 aromatic heterocycles. The molecule has 1 aliphatic heterocycles. The van der Waals surface area contributed by atoms with Gasteiger partial charge in [0.15, 0.2) is 19.7 Å². The quantitative estimate of drug-likeness (QED) is 0.818. The number of sulfone groups is 2. The van der Waals surface area contributed by atoms with Gasteiger partial charge in [-0.3, -0.25) is 0 Å². The number of anilines is 1. The maximum absolute atomic E-state index is 12.3. The zero-order chi connectivity index (χ0) is 13.6. The second-order valence-corrected chi connectivity index (χ2v) is 9.09. The highest BCUT2D eigenvalue weighted by Crippen LogP contribution is 2.31. The lowest BCUT2D eigenvalue weighted by Crippen LogP contribution is -2.23. The molecule has 0 saturated carbocycles. The van der Waals surface area contributed by atoms with Gasteiger partial charge in [-0.25, -0.2) is 16.8 Å². The van der Waals surface area contributed by atoms with Crippen molar-refractivity contribution in [2.24, 2.45) is 0 Å². The van der Waals surface area contributed by atoms with Crippen LogP contribution in [-0.4, -0.2) is 33.6 Å². The van der Waals surface area contributed by atoms with E-state index in [1.165, 1.54) is 18.2 Å². The van der Waals surface area contributed by atoms with Crippen molar-refractivity contribution in [3.63, 3.8) is 0 Å². The number of rotatable bonds is 2. The van der Waals surface area contributed by atoms with Crippen molar-refractivity contribution >= 4 is 37.0 Å². The molecule has 2 N–H and O–H groups in total. The lowest BCUT2D eigenvalue weighted by Gasteiger charge is -2.12. The molecule has 1 atom stereocenters. The smallest absolute Gasteiger partial charge is 0.183 e. The number of halogens is 1. The minimum absolute atomic E-state index is 0.0634. The molecule has 1 saturated heterocycles.